The van der Waals surface area contributed by atoms with Crippen LogP contribution in [0.15, 0.2) is 48.9 Å². The van der Waals surface area contributed by atoms with Crippen molar-refractivity contribution in [2.45, 2.75) is 43.2 Å². The molecule has 3 aromatic rings. The summed E-state index contributed by atoms with van der Waals surface area (Å²) in [6.07, 6.45) is 1.34. The fourth-order valence-corrected chi connectivity index (χ4v) is 5.38. The van der Waals surface area contributed by atoms with Gasteiger partial charge in [-0.3, -0.25) is 14.5 Å². The summed E-state index contributed by atoms with van der Waals surface area (Å²) in [6, 6.07) is 7.41. The van der Waals surface area contributed by atoms with E-state index in [0.717, 1.165) is 6.42 Å². The van der Waals surface area contributed by atoms with E-state index in [9.17, 15) is 26.4 Å². The first-order valence-electron chi connectivity index (χ1n) is 11.3. The van der Waals surface area contributed by atoms with Crippen LogP contribution >= 0.6 is 0 Å². The molecule has 1 amide bonds. The van der Waals surface area contributed by atoms with Gasteiger partial charge in [-0.15, -0.1) is 0 Å². The molecule has 36 heavy (non-hydrogen) atoms. The van der Waals surface area contributed by atoms with Crippen molar-refractivity contribution >= 4 is 21.9 Å². The molecule has 2 aromatic heterocycles. The van der Waals surface area contributed by atoms with Crippen LogP contribution in [-0.2, 0) is 16.2 Å². The van der Waals surface area contributed by atoms with Crippen molar-refractivity contribution in [2.75, 3.05) is 11.3 Å². The van der Waals surface area contributed by atoms with Crippen molar-refractivity contribution in [1.29, 1.82) is 0 Å². The molecule has 2 aliphatic rings. The average molecular weight is 519 g/mol. The third kappa shape index (κ3) is 5.01. The molecule has 3 heterocycles. The molecule has 1 aromatic carbocycles. The van der Waals surface area contributed by atoms with Crippen LogP contribution in [0.1, 0.15) is 53.5 Å². The number of carbonyl (C=O) groups excluding carboxylic acids is 1. The number of hydrogen-bond acceptors (Lipinski definition) is 7. The second-order valence-electron chi connectivity index (χ2n) is 8.67. The summed E-state index contributed by atoms with van der Waals surface area (Å²) in [4.78, 5) is 30.5. The maximum atomic E-state index is 13.3. The van der Waals surface area contributed by atoms with E-state index in [1.807, 2.05) is 0 Å². The number of aromatic nitrogens is 4. The second kappa shape index (κ2) is 9.12. The lowest BCUT2D eigenvalue weighted by Crippen LogP contribution is -2.31. The Morgan fingerprint density at radius 3 is 2.47 bits per heavy atom. The minimum atomic E-state index is -4.61. The lowest BCUT2D eigenvalue weighted by atomic mass is 10.1. The SMILES string of the molecule is O=C(c1ccc(-c2cncc(C(F)(F)F)n2)cc1)N1CCCC1c1ccnc(NS(=O)(=O)C2CC2)n1. The van der Waals surface area contributed by atoms with Crippen LogP contribution in [0.2, 0.25) is 0 Å². The minimum Gasteiger partial charge on any atom is -0.330 e. The molecule has 13 heteroatoms. The number of alkyl halides is 3. The molecule has 1 saturated heterocycles. The van der Waals surface area contributed by atoms with Gasteiger partial charge >= 0.3 is 6.18 Å². The highest BCUT2D eigenvalue weighted by molar-refractivity contribution is 7.93. The van der Waals surface area contributed by atoms with Gasteiger partial charge in [0.15, 0.2) is 5.69 Å². The van der Waals surface area contributed by atoms with Gasteiger partial charge in [-0.25, -0.2) is 23.4 Å². The van der Waals surface area contributed by atoms with E-state index in [1.54, 1.807) is 11.0 Å². The molecule has 1 atom stereocenters. The van der Waals surface area contributed by atoms with E-state index in [0.29, 0.717) is 48.8 Å². The number of anilines is 1. The Labute approximate surface area is 204 Å². The van der Waals surface area contributed by atoms with Gasteiger partial charge in [0.1, 0.15) is 0 Å². The summed E-state index contributed by atoms with van der Waals surface area (Å²) in [5, 5.41) is -0.417. The molecule has 0 radical (unpaired) electrons. The minimum absolute atomic E-state index is 0.0229. The second-order valence-corrected chi connectivity index (χ2v) is 10.6. The Morgan fingerprint density at radius 2 is 1.78 bits per heavy atom. The third-order valence-electron chi connectivity index (χ3n) is 6.08. The van der Waals surface area contributed by atoms with Gasteiger partial charge in [0.05, 0.1) is 35.1 Å². The summed E-state index contributed by atoms with van der Waals surface area (Å²) >= 11 is 0. The van der Waals surface area contributed by atoms with Gasteiger partial charge in [0.25, 0.3) is 5.91 Å². The van der Waals surface area contributed by atoms with Gasteiger partial charge in [-0.1, -0.05) is 12.1 Å². The summed E-state index contributed by atoms with van der Waals surface area (Å²) in [6.45, 7) is 0.484. The van der Waals surface area contributed by atoms with Crippen LogP contribution in [0.5, 0.6) is 0 Å². The molecule has 1 N–H and O–H groups in total. The van der Waals surface area contributed by atoms with E-state index in [4.69, 9.17) is 0 Å². The molecule has 0 bridgehead atoms. The summed E-state index contributed by atoms with van der Waals surface area (Å²) in [5.41, 5.74) is 0.231. The molecular weight excluding hydrogens is 497 g/mol. The monoisotopic (exact) mass is 518 g/mol. The van der Waals surface area contributed by atoms with Crippen LogP contribution in [0, 0.1) is 0 Å². The number of nitrogens with zero attached hydrogens (tertiary/aromatic N) is 5. The first-order chi connectivity index (χ1) is 17.1. The number of likely N-dealkylation sites (tertiary alicyclic amines) is 1. The zero-order valence-electron chi connectivity index (χ0n) is 18.8. The number of hydrogen-bond donors (Lipinski definition) is 1. The average Bonchev–Trinajstić information content (AvgIpc) is 3.61. The topological polar surface area (TPSA) is 118 Å². The van der Waals surface area contributed by atoms with Crippen LogP contribution in [0.4, 0.5) is 19.1 Å². The number of halogens is 3. The van der Waals surface area contributed by atoms with Crippen molar-refractivity contribution in [2.24, 2.45) is 0 Å². The van der Waals surface area contributed by atoms with E-state index >= 15 is 0 Å². The zero-order chi connectivity index (χ0) is 25.5. The van der Waals surface area contributed by atoms with Crippen LogP contribution in [0.25, 0.3) is 11.3 Å². The van der Waals surface area contributed by atoms with Crippen LogP contribution in [-0.4, -0.2) is 51.0 Å². The Morgan fingerprint density at radius 1 is 1.03 bits per heavy atom. The Balaban J connectivity index is 1.33. The van der Waals surface area contributed by atoms with E-state index in [-0.39, 0.29) is 23.6 Å². The van der Waals surface area contributed by atoms with E-state index < -0.39 is 27.1 Å². The highest BCUT2D eigenvalue weighted by atomic mass is 32.2. The Hall–Kier alpha value is -3.61. The number of amides is 1. The molecule has 9 nitrogen and oxygen atoms in total. The van der Waals surface area contributed by atoms with Gasteiger partial charge in [0, 0.05) is 23.9 Å². The highest BCUT2D eigenvalue weighted by Crippen LogP contribution is 2.34. The molecule has 5 rings (SSSR count). The number of sulfonamides is 1. The Kier molecular flexibility index (Phi) is 6.10. The smallest absolute Gasteiger partial charge is 0.330 e. The highest BCUT2D eigenvalue weighted by Gasteiger charge is 2.37. The predicted molar refractivity (Wildman–Crippen MR) is 123 cm³/mol. The van der Waals surface area contributed by atoms with Gasteiger partial charge in [0.2, 0.25) is 16.0 Å². The molecule has 0 spiro atoms. The molecule has 1 unspecified atom stereocenters. The molecule has 1 aliphatic heterocycles. The summed E-state index contributed by atoms with van der Waals surface area (Å²) < 4.78 is 65.7. The number of benzene rings is 1. The van der Waals surface area contributed by atoms with Crippen molar-refractivity contribution in [3.63, 3.8) is 0 Å². The third-order valence-corrected chi connectivity index (χ3v) is 7.90. The van der Waals surface area contributed by atoms with Crippen LogP contribution in [0.3, 0.4) is 0 Å². The Bertz CT molecular complexity index is 1390. The molecule has 1 saturated carbocycles. The number of nitrogens with one attached hydrogen (secondary N) is 1. The molecule has 1 aliphatic carbocycles. The predicted octanol–water partition coefficient (Wildman–Crippen LogP) is 3.83. The van der Waals surface area contributed by atoms with Crippen molar-refractivity contribution in [3.05, 3.63) is 65.9 Å². The lowest BCUT2D eigenvalue weighted by molar-refractivity contribution is -0.141. The quantitative estimate of drug-likeness (QED) is 0.527. The van der Waals surface area contributed by atoms with Gasteiger partial charge < -0.3 is 4.90 Å². The fourth-order valence-electron chi connectivity index (χ4n) is 4.10. The first-order valence-corrected chi connectivity index (χ1v) is 12.8. The maximum Gasteiger partial charge on any atom is 0.434 e. The van der Waals surface area contributed by atoms with Crippen molar-refractivity contribution in [1.82, 2.24) is 24.8 Å². The normalized spacial score (nSPS) is 18.3. The fraction of sp³-hybridized carbons (Fsp3) is 0.348. The maximum absolute atomic E-state index is 13.3. The number of carbonyl (C=O) groups is 1. The molecule has 188 valence electrons. The molecule has 2 fully saturated rings. The number of rotatable bonds is 6. The summed E-state index contributed by atoms with van der Waals surface area (Å²) in [7, 11) is -3.52. The first kappa shape index (κ1) is 24.1. The van der Waals surface area contributed by atoms with Crippen molar-refractivity contribution < 1.29 is 26.4 Å². The van der Waals surface area contributed by atoms with E-state index in [2.05, 4.69) is 24.7 Å². The van der Waals surface area contributed by atoms with Crippen LogP contribution < -0.4 is 4.72 Å². The zero-order valence-corrected chi connectivity index (χ0v) is 19.6. The van der Waals surface area contributed by atoms with Gasteiger partial charge in [-0.05, 0) is 43.9 Å². The van der Waals surface area contributed by atoms with Gasteiger partial charge in [-0.2, -0.15) is 13.2 Å². The standard InChI is InChI=1S/C23H21F3N6O3S/c24-23(25,26)20-13-27-12-18(29-20)14-3-5-15(6-4-14)21(33)32-11-1-2-19(32)17-9-10-28-22(30-17)31-36(34,35)16-7-8-16/h3-6,9-10,12-13,16,19H,1-2,7-8,11H2,(H,28,30,31). The summed E-state index contributed by atoms with van der Waals surface area (Å²) in [5.74, 6) is -0.289. The van der Waals surface area contributed by atoms with E-state index in [1.165, 1.54) is 36.7 Å². The lowest BCUT2D eigenvalue weighted by Gasteiger charge is -2.24. The molecular formula is C23H21F3N6O3S. The largest absolute Gasteiger partial charge is 0.434 e. The van der Waals surface area contributed by atoms with Crippen molar-refractivity contribution in [3.8, 4) is 11.3 Å².